The number of piperidine rings is 1. The van der Waals surface area contributed by atoms with Gasteiger partial charge in [0.1, 0.15) is 5.75 Å². The Bertz CT molecular complexity index is 682. The lowest BCUT2D eigenvalue weighted by Crippen LogP contribution is -2.37. The summed E-state index contributed by atoms with van der Waals surface area (Å²) in [6, 6.07) is 12.2. The number of likely N-dealkylation sites (tertiary alicyclic amines) is 1. The summed E-state index contributed by atoms with van der Waals surface area (Å²) in [6.45, 7) is 3.29. The molecule has 1 aliphatic heterocycles. The molecule has 2 heterocycles. The van der Waals surface area contributed by atoms with Crippen LogP contribution in [0.5, 0.6) is 5.75 Å². The summed E-state index contributed by atoms with van der Waals surface area (Å²) < 4.78 is 5.27. The van der Waals surface area contributed by atoms with E-state index in [2.05, 4.69) is 23.2 Å². The Kier molecular flexibility index (Phi) is 4.60. The fourth-order valence-electron chi connectivity index (χ4n) is 3.12. The van der Waals surface area contributed by atoms with Gasteiger partial charge in [0.25, 0.3) is 0 Å². The molecule has 3 rings (SSSR count). The highest BCUT2D eigenvalue weighted by Crippen LogP contribution is 2.28. The summed E-state index contributed by atoms with van der Waals surface area (Å²) >= 11 is 0. The van der Waals surface area contributed by atoms with Gasteiger partial charge in [-0.15, -0.1) is 0 Å². The summed E-state index contributed by atoms with van der Waals surface area (Å²) in [5.41, 5.74) is 3.24. The molecule has 1 saturated heterocycles. The molecule has 0 spiro atoms. The second-order valence-corrected chi connectivity index (χ2v) is 6.01. The number of amides is 1. The average Bonchev–Trinajstić information content (AvgIpc) is 2.62. The predicted octanol–water partition coefficient (Wildman–Crippen LogP) is 3.48. The molecule has 0 N–H and O–H groups in total. The van der Waals surface area contributed by atoms with Gasteiger partial charge < -0.3 is 9.64 Å². The number of nitrogens with zero attached hydrogens (tertiary/aromatic N) is 2. The van der Waals surface area contributed by atoms with Crippen molar-refractivity contribution in [1.29, 1.82) is 0 Å². The first-order chi connectivity index (χ1) is 11.2. The Balaban J connectivity index is 1.77. The molecule has 1 aromatic heterocycles. The molecular formula is C19H22N2O2. The molecule has 0 radical (unpaired) electrons. The number of rotatable bonds is 3. The molecule has 0 aliphatic carbocycles. The molecule has 120 valence electrons. The first-order valence-corrected chi connectivity index (χ1v) is 8.03. The van der Waals surface area contributed by atoms with Crippen molar-refractivity contribution in [1.82, 2.24) is 9.88 Å². The third-order valence-corrected chi connectivity index (χ3v) is 4.47. The number of benzene rings is 1. The molecule has 0 bridgehead atoms. The van der Waals surface area contributed by atoms with E-state index in [1.54, 1.807) is 14.0 Å². The van der Waals surface area contributed by atoms with Crippen LogP contribution in [0, 0.1) is 0 Å². The van der Waals surface area contributed by atoms with Gasteiger partial charge in [-0.25, -0.2) is 0 Å². The normalized spacial score (nSPS) is 17.8. The van der Waals surface area contributed by atoms with E-state index < -0.39 is 0 Å². The van der Waals surface area contributed by atoms with Gasteiger partial charge in [0.15, 0.2) is 0 Å². The van der Waals surface area contributed by atoms with Gasteiger partial charge in [-0.3, -0.25) is 9.78 Å². The highest BCUT2D eigenvalue weighted by Gasteiger charge is 2.23. The summed E-state index contributed by atoms with van der Waals surface area (Å²) in [4.78, 5) is 18.1. The van der Waals surface area contributed by atoms with Crippen molar-refractivity contribution in [2.75, 3.05) is 20.2 Å². The Morgan fingerprint density at radius 3 is 2.83 bits per heavy atom. The zero-order valence-corrected chi connectivity index (χ0v) is 13.7. The fraction of sp³-hybridized carbons (Fsp3) is 0.368. The van der Waals surface area contributed by atoms with Gasteiger partial charge in [-0.05, 0) is 36.6 Å². The van der Waals surface area contributed by atoms with Crippen LogP contribution in [0.25, 0.3) is 11.1 Å². The smallest absolute Gasteiger partial charge is 0.219 e. The van der Waals surface area contributed by atoms with Crippen LogP contribution in [0.3, 0.4) is 0 Å². The third-order valence-electron chi connectivity index (χ3n) is 4.47. The molecule has 1 fully saturated rings. The summed E-state index contributed by atoms with van der Waals surface area (Å²) in [5, 5.41) is 0. The van der Waals surface area contributed by atoms with Crippen LogP contribution in [-0.2, 0) is 4.79 Å². The third kappa shape index (κ3) is 3.52. The van der Waals surface area contributed by atoms with Crippen LogP contribution in [0.4, 0.5) is 0 Å². The van der Waals surface area contributed by atoms with E-state index in [0.29, 0.717) is 5.92 Å². The van der Waals surface area contributed by atoms with Crippen LogP contribution in [0.15, 0.2) is 42.6 Å². The summed E-state index contributed by atoms with van der Waals surface area (Å²) in [7, 11) is 1.67. The van der Waals surface area contributed by atoms with Gasteiger partial charge in [0.2, 0.25) is 5.91 Å². The molecule has 1 amide bonds. The molecule has 4 heteroatoms. The Hall–Kier alpha value is -2.36. The molecule has 1 aromatic carbocycles. The van der Waals surface area contributed by atoms with Crippen molar-refractivity contribution >= 4 is 5.91 Å². The van der Waals surface area contributed by atoms with Gasteiger partial charge in [0, 0.05) is 43.4 Å². The van der Waals surface area contributed by atoms with Crippen LogP contribution < -0.4 is 4.74 Å². The van der Waals surface area contributed by atoms with E-state index in [4.69, 9.17) is 4.74 Å². The first kappa shape index (κ1) is 15.5. The van der Waals surface area contributed by atoms with Crippen molar-refractivity contribution in [3.05, 3.63) is 48.3 Å². The van der Waals surface area contributed by atoms with Crippen LogP contribution in [0.1, 0.15) is 31.4 Å². The van der Waals surface area contributed by atoms with Crippen molar-refractivity contribution in [2.45, 2.75) is 25.7 Å². The maximum Gasteiger partial charge on any atom is 0.219 e. The molecule has 0 unspecified atom stereocenters. The predicted molar refractivity (Wildman–Crippen MR) is 90.5 cm³/mol. The Morgan fingerprint density at radius 1 is 1.26 bits per heavy atom. The second-order valence-electron chi connectivity index (χ2n) is 6.01. The number of ether oxygens (including phenoxy) is 1. The van der Waals surface area contributed by atoms with E-state index in [1.807, 2.05) is 29.3 Å². The molecule has 1 aliphatic rings. The zero-order valence-electron chi connectivity index (χ0n) is 13.7. The lowest BCUT2D eigenvalue weighted by atomic mass is 9.93. The van der Waals surface area contributed by atoms with Crippen molar-refractivity contribution in [3.63, 3.8) is 0 Å². The number of pyridine rings is 1. The minimum Gasteiger partial charge on any atom is -0.497 e. The van der Waals surface area contributed by atoms with Crippen molar-refractivity contribution in [3.8, 4) is 16.9 Å². The SMILES string of the molecule is COc1cccc(-c2ccc([C@H]3CCCN(C(C)=O)C3)nc2)c1. The fourth-order valence-corrected chi connectivity index (χ4v) is 3.12. The van der Waals surface area contributed by atoms with Crippen molar-refractivity contribution < 1.29 is 9.53 Å². The molecule has 4 nitrogen and oxygen atoms in total. The maximum atomic E-state index is 11.6. The van der Waals surface area contributed by atoms with Crippen LogP contribution in [-0.4, -0.2) is 36.0 Å². The molecular weight excluding hydrogens is 288 g/mol. The molecule has 0 saturated carbocycles. The molecule has 1 atom stereocenters. The van der Waals surface area contributed by atoms with E-state index in [-0.39, 0.29) is 5.91 Å². The highest BCUT2D eigenvalue weighted by molar-refractivity contribution is 5.73. The average molecular weight is 310 g/mol. The number of carbonyl (C=O) groups excluding carboxylic acids is 1. The largest absolute Gasteiger partial charge is 0.497 e. The monoisotopic (exact) mass is 310 g/mol. The zero-order chi connectivity index (χ0) is 16.2. The van der Waals surface area contributed by atoms with Gasteiger partial charge in [-0.2, -0.15) is 0 Å². The summed E-state index contributed by atoms with van der Waals surface area (Å²) in [6.07, 6.45) is 4.05. The van der Waals surface area contributed by atoms with E-state index in [1.165, 1.54) is 0 Å². The standard InChI is InChI=1S/C19H22N2O2/c1-14(22)21-10-4-6-17(13-21)19-9-8-16(12-20-19)15-5-3-7-18(11-15)23-2/h3,5,7-9,11-12,17H,4,6,10,13H2,1-2H3/t17-/m0/s1. The molecule has 2 aromatic rings. The summed E-state index contributed by atoms with van der Waals surface area (Å²) in [5.74, 6) is 1.34. The highest BCUT2D eigenvalue weighted by atomic mass is 16.5. The lowest BCUT2D eigenvalue weighted by Gasteiger charge is -2.31. The molecule has 23 heavy (non-hydrogen) atoms. The Morgan fingerprint density at radius 2 is 2.13 bits per heavy atom. The Labute approximate surface area is 137 Å². The van der Waals surface area contributed by atoms with Crippen molar-refractivity contribution in [2.24, 2.45) is 0 Å². The number of hydrogen-bond acceptors (Lipinski definition) is 3. The quantitative estimate of drug-likeness (QED) is 0.871. The second kappa shape index (κ2) is 6.82. The van der Waals surface area contributed by atoms with E-state index in [0.717, 1.165) is 48.5 Å². The van der Waals surface area contributed by atoms with E-state index in [9.17, 15) is 4.79 Å². The maximum absolute atomic E-state index is 11.6. The first-order valence-electron chi connectivity index (χ1n) is 8.03. The van der Waals surface area contributed by atoms with Gasteiger partial charge in [-0.1, -0.05) is 18.2 Å². The lowest BCUT2D eigenvalue weighted by molar-refractivity contribution is -0.130. The number of aromatic nitrogens is 1. The number of carbonyl (C=O) groups is 1. The topological polar surface area (TPSA) is 42.4 Å². The van der Waals surface area contributed by atoms with Crippen LogP contribution >= 0.6 is 0 Å². The minimum absolute atomic E-state index is 0.155. The van der Waals surface area contributed by atoms with Crippen LogP contribution in [0.2, 0.25) is 0 Å². The number of methoxy groups -OCH3 is 1. The van der Waals surface area contributed by atoms with Gasteiger partial charge >= 0.3 is 0 Å². The van der Waals surface area contributed by atoms with E-state index >= 15 is 0 Å². The minimum atomic E-state index is 0.155. The number of hydrogen-bond donors (Lipinski definition) is 0. The van der Waals surface area contributed by atoms with Gasteiger partial charge in [0.05, 0.1) is 7.11 Å².